The van der Waals surface area contributed by atoms with Crippen LogP contribution in [0, 0.1) is 0 Å². The van der Waals surface area contributed by atoms with Gasteiger partial charge in [-0.25, -0.2) is 9.97 Å². The van der Waals surface area contributed by atoms with Crippen LogP contribution in [0.2, 0.25) is 0 Å². The number of rotatable bonds is 6. The van der Waals surface area contributed by atoms with Crippen LogP contribution in [0.25, 0.3) is 154 Å². The Bertz CT molecular complexity index is 5280. The number of fused-ring (bicyclic) bond motifs is 14. The van der Waals surface area contributed by atoms with E-state index in [2.05, 4.69) is 309 Å². The first-order valence-electron chi connectivity index (χ1n) is 28.6. The highest BCUT2D eigenvalue weighted by atomic mass is 15.1. The average Bonchev–Trinajstić information content (AvgIpc) is 3.23. The van der Waals surface area contributed by atoms with Gasteiger partial charge in [0, 0.05) is 65.2 Å². The average molecular weight is 1070 g/mol. The Hall–Kier alpha value is -11.3. The van der Waals surface area contributed by atoms with E-state index in [4.69, 9.17) is 9.97 Å². The molecule has 0 fully saturated rings. The zero-order chi connectivity index (χ0) is 55.2. The lowest BCUT2D eigenvalue weighted by Gasteiger charge is -2.09. The molecule has 6 aromatic heterocycles. The summed E-state index contributed by atoms with van der Waals surface area (Å²) in [5.41, 5.74) is 18.7. The van der Waals surface area contributed by atoms with Gasteiger partial charge in [-0.15, -0.1) is 0 Å². The second kappa shape index (κ2) is 19.2. The van der Waals surface area contributed by atoms with E-state index < -0.39 is 0 Å². The maximum absolute atomic E-state index is 5.05. The first-order valence-corrected chi connectivity index (χ1v) is 28.6. The molecule has 0 bridgehead atoms. The Morgan fingerprint density at radius 3 is 0.821 bits per heavy atom. The molecule has 6 nitrogen and oxygen atoms in total. The fraction of sp³-hybridized carbons (Fsp3) is 0. The molecule has 6 heterocycles. The third-order valence-corrected chi connectivity index (χ3v) is 17.0. The van der Waals surface area contributed by atoms with Crippen molar-refractivity contribution >= 4 is 109 Å². The number of para-hydroxylation sites is 8. The van der Waals surface area contributed by atoms with Crippen molar-refractivity contribution in [1.82, 2.24) is 28.2 Å². The molecule has 18 rings (SSSR count). The van der Waals surface area contributed by atoms with E-state index in [0.29, 0.717) is 0 Å². The smallest absolute Gasteiger partial charge is 0.138 e. The minimum Gasteiger partial charge on any atom is -0.309 e. The molecule has 0 amide bonds. The number of benzene rings is 12. The lowest BCUT2D eigenvalue weighted by atomic mass is 10.0. The molecular weight excluding hydrogens is 1020 g/mol. The van der Waals surface area contributed by atoms with E-state index in [1.54, 1.807) is 0 Å². The van der Waals surface area contributed by atoms with Crippen LogP contribution in [0.5, 0.6) is 0 Å². The third-order valence-electron chi connectivity index (χ3n) is 17.0. The highest BCUT2D eigenvalue weighted by molar-refractivity contribution is 6.15. The largest absolute Gasteiger partial charge is 0.309 e. The van der Waals surface area contributed by atoms with Crippen molar-refractivity contribution in [2.75, 3.05) is 0 Å². The van der Waals surface area contributed by atoms with Gasteiger partial charge in [0.05, 0.1) is 55.2 Å². The molecule has 0 saturated carbocycles. The molecule has 0 saturated heterocycles. The van der Waals surface area contributed by atoms with Crippen molar-refractivity contribution in [3.63, 3.8) is 0 Å². The number of hydrogen-bond acceptors (Lipinski definition) is 2. The van der Waals surface area contributed by atoms with Crippen LogP contribution in [-0.4, -0.2) is 28.2 Å². The predicted octanol–water partition coefficient (Wildman–Crippen LogP) is 20.2. The zero-order valence-corrected chi connectivity index (χ0v) is 45.6. The highest BCUT2D eigenvalue weighted by Gasteiger charge is 2.19. The number of hydrogen-bond donors (Lipinski definition) is 0. The molecule has 0 aliphatic rings. The summed E-state index contributed by atoms with van der Waals surface area (Å²) in [7, 11) is 0. The van der Waals surface area contributed by atoms with Gasteiger partial charge in [0.25, 0.3) is 0 Å². The predicted molar refractivity (Wildman–Crippen MR) is 352 cm³/mol. The van der Waals surface area contributed by atoms with Crippen LogP contribution in [-0.2, 0) is 0 Å². The normalized spacial score (nSPS) is 11.8. The van der Waals surface area contributed by atoms with Gasteiger partial charge >= 0.3 is 0 Å². The minimum atomic E-state index is 0.933. The molecule has 18 aromatic rings. The van der Waals surface area contributed by atoms with Gasteiger partial charge in [0.1, 0.15) is 11.6 Å². The summed E-state index contributed by atoms with van der Waals surface area (Å²) in [5.74, 6) is 1.87. The van der Waals surface area contributed by atoms with Crippen molar-refractivity contribution in [2.45, 2.75) is 0 Å². The molecule has 0 aliphatic heterocycles. The minimum absolute atomic E-state index is 0.933. The first kappa shape index (κ1) is 47.5. The Balaban J connectivity index is 0.000000132. The van der Waals surface area contributed by atoms with Crippen molar-refractivity contribution in [1.29, 1.82) is 0 Å². The van der Waals surface area contributed by atoms with Gasteiger partial charge in [0.2, 0.25) is 0 Å². The van der Waals surface area contributed by atoms with E-state index >= 15 is 0 Å². The summed E-state index contributed by atoms with van der Waals surface area (Å²) in [6.45, 7) is 0. The van der Waals surface area contributed by atoms with Gasteiger partial charge in [-0.2, -0.15) is 0 Å². The molecule has 0 radical (unpaired) electrons. The van der Waals surface area contributed by atoms with Crippen LogP contribution in [0.1, 0.15) is 0 Å². The maximum atomic E-state index is 5.05. The fourth-order valence-corrected chi connectivity index (χ4v) is 13.2. The molecule has 0 aliphatic carbocycles. The quantitative estimate of drug-likeness (QED) is 0.167. The molecule has 0 spiro atoms. The van der Waals surface area contributed by atoms with Gasteiger partial charge in [-0.1, -0.05) is 170 Å². The van der Waals surface area contributed by atoms with Crippen molar-refractivity contribution < 1.29 is 0 Å². The summed E-state index contributed by atoms with van der Waals surface area (Å²) in [6, 6.07) is 108. The molecule has 0 atom stereocenters. The van der Waals surface area contributed by atoms with E-state index in [-0.39, 0.29) is 0 Å². The number of aromatic nitrogens is 6. The third kappa shape index (κ3) is 7.58. The lowest BCUT2D eigenvalue weighted by Crippen LogP contribution is -1.97. The van der Waals surface area contributed by atoms with Crippen LogP contribution < -0.4 is 0 Å². The van der Waals surface area contributed by atoms with Crippen LogP contribution in [0.4, 0.5) is 0 Å². The van der Waals surface area contributed by atoms with E-state index in [1.807, 2.05) is 12.1 Å². The van der Waals surface area contributed by atoms with Gasteiger partial charge < -0.3 is 9.13 Å². The van der Waals surface area contributed by atoms with Gasteiger partial charge in [-0.05, 0) is 156 Å². The van der Waals surface area contributed by atoms with Crippen molar-refractivity contribution in [2.24, 2.45) is 0 Å². The Morgan fingerprint density at radius 2 is 0.464 bits per heavy atom. The Morgan fingerprint density at radius 1 is 0.190 bits per heavy atom. The highest BCUT2D eigenvalue weighted by Crippen LogP contribution is 2.41. The van der Waals surface area contributed by atoms with E-state index in [0.717, 1.165) is 55.5 Å². The number of nitrogens with zero attached hydrogens (tertiary/aromatic N) is 6. The van der Waals surface area contributed by atoms with E-state index in [9.17, 15) is 0 Å². The van der Waals surface area contributed by atoms with Crippen LogP contribution >= 0.6 is 0 Å². The van der Waals surface area contributed by atoms with Crippen LogP contribution in [0.3, 0.4) is 0 Å². The van der Waals surface area contributed by atoms with Crippen molar-refractivity contribution in [3.8, 4) is 45.3 Å². The summed E-state index contributed by atoms with van der Waals surface area (Å²) >= 11 is 0. The molecule has 0 unspecified atom stereocenters. The Kier molecular flexibility index (Phi) is 10.8. The lowest BCUT2D eigenvalue weighted by molar-refractivity contribution is 1.10. The molecule has 84 heavy (non-hydrogen) atoms. The molecule has 392 valence electrons. The summed E-state index contributed by atoms with van der Waals surface area (Å²) in [4.78, 5) is 10.1. The maximum Gasteiger partial charge on any atom is 0.138 e. The summed E-state index contributed by atoms with van der Waals surface area (Å²) in [5, 5.41) is 12.2. The fourth-order valence-electron chi connectivity index (χ4n) is 13.2. The molecular formula is C78H50N6. The second-order valence-corrected chi connectivity index (χ2v) is 21.7. The summed E-state index contributed by atoms with van der Waals surface area (Å²) < 4.78 is 9.30. The number of pyridine rings is 2. The molecule has 12 aromatic carbocycles. The topological polar surface area (TPSA) is 45.5 Å². The van der Waals surface area contributed by atoms with Gasteiger partial charge in [-0.3, -0.25) is 9.13 Å². The van der Waals surface area contributed by atoms with Crippen LogP contribution in [0.15, 0.2) is 303 Å². The summed E-state index contributed by atoms with van der Waals surface area (Å²) in [6.07, 6.45) is 0. The monoisotopic (exact) mass is 1070 g/mol. The van der Waals surface area contributed by atoms with Crippen molar-refractivity contribution in [3.05, 3.63) is 303 Å². The van der Waals surface area contributed by atoms with E-state index in [1.165, 1.54) is 98.8 Å². The zero-order valence-electron chi connectivity index (χ0n) is 45.6. The SMILES string of the molecule is c1ccc(-n2c3ccccc3c3cc(-c4ccc5c(c4)c4ccccc4n5-c4ccc5ccccc5n4)ccc32)cc1.c1ccc(-n2c3ccccc3c3cc(-c4ccc5c(c4)c4ccccc4n5-c4ccc5ccccc5n4)ccc32)cc1. The first-order chi connectivity index (χ1) is 41.7. The second-order valence-electron chi connectivity index (χ2n) is 21.7. The molecule has 6 heteroatoms. The standard InChI is InChI=1S/2C39H25N3/c2*1-2-11-29(12-3-1)41-35-16-8-5-13-30(35)32-24-27(18-21-37(32)41)28-19-22-38-33(25-28)31-14-6-9-17-36(31)42(38)39-23-20-26-10-4-7-15-34(26)40-39/h2*1-25H. The van der Waals surface area contributed by atoms with Gasteiger partial charge in [0.15, 0.2) is 0 Å². The Labute approximate surface area is 483 Å². The molecule has 0 N–H and O–H groups in total.